The van der Waals surface area contributed by atoms with Gasteiger partial charge in [0, 0.05) is 19.8 Å². The van der Waals surface area contributed by atoms with Crippen molar-refractivity contribution in [2.24, 2.45) is 14.1 Å². The van der Waals surface area contributed by atoms with E-state index >= 15 is 0 Å². The molecule has 108 valence electrons. The van der Waals surface area contributed by atoms with Crippen LogP contribution in [0, 0.1) is 0 Å². The van der Waals surface area contributed by atoms with E-state index in [0.29, 0.717) is 10.8 Å². The maximum absolute atomic E-state index is 11.8. The summed E-state index contributed by atoms with van der Waals surface area (Å²) in [6, 6.07) is 10.0. The van der Waals surface area contributed by atoms with E-state index in [1.54, 1.807) is 11.6 Å². The molecule has 1 aromatic carbocycles. The molecule has 2 heterocycles. The number of thioether (sulfide) groups is 1. The molecule has 21 heavy (non-hydrogen) atoms. The Bertz CT molecular complexity index is 908. The van der Waals surface area contributed by atoms with Gasteiger partial charge in [0.05, 0.1) is 0 Å². The fourth-order valence-corrected chi connectivity index (χ4v) is 3.12. The topological polar surface area (TPSA) is 72.7 Å². The van der Waals surface area contributed by atoms with Crippen molar-refractivity contribution >= 4 is 22.9 Å². The molecule has 3 rings (SSSR count). The number of nitrogens with one attached hydrogen (secondary N) is 1. The zero-order chi connectivity index (χ0) is 15.0. The van der Waals surface area contributed by atoms with Gasteiger partial charge in [-0.25, -0.2) is 9.78 Å². The first-order valence-corrected chi connectivity index (χ1v) is 7.39. The number of hydrogen-bond acceptors (Lipinski definition) is 4. The molecule has 0 bridgehead atoms. The lowest BCUT2D eigenvalue weighted by Crippen LogP contribution is -2.29. The lowest BCUT2D eigenvalue weighted by atomic mass is 10.2. The van der Waals surface area contributed by atoms with Gasteiger partial charge in [-0.3, -0.25) is 14.3 Å². The Labute approximate surface area is 124 Å². The highest BCUT2D eigenvalue weighted by molar-refractivity contribution is 7.98. The second-order valence-electron chi connectivity index (χ2n) is 4.72. The van der Waals surface area contributed by atoms with Crippen molar-refractivity contribution in [3.05, 3.63) is 56.7 Å². The van der Waals surface area contributed by atoms with Crippen LogP contribution < -0.4 is 11.2 Å². The first-order chi connectivity index (χ1) is 10.1. The summed E-state index contributed by atoms with van der Waals surface area (Å²) in [5, 5.41) is 0.709. The van der Waals surface area contributed by atoms with Crippen LogP contribution in [0.1, 0.15) is 5.56 Å². The Hall–Kier alpha value is -2.28. The minimum absolute atomic E-state index is 0.287. The smallest absolute Gasteiger partial charge is 0.308 e. The third kappa shape index (κ3) is 2.40. The van der Waals surface area contributed by atoms with Crippen LogP contribution in [0.5, 0.6) is 0 Å². The second kappa shape index (κ2) is 5.25. The number of rotatable bonds is 3. The molecular weight excluding hydrogens is 288 g/mol. The third-order valence-corrected chi connectivity index (χ3v) is 4.39. The molecule has 0 fully saturated rings. The van der Waals surface area contributed by atoms with Crippen molar-refractivity contribution in [3.63, 3.8) is 0 Å². The maximum atomic E-state index is 11.8. The summed E-state index contributed by atoms with van der Waals surface area (Å²) < 4.78 is 3.18. The molecule has 7 heteroatoms. The zero-order valence-corrected chi connectivity index (χ0v) is 12.5. The molecule has 6 nitrogen and oxygen atoms in total. The van der Waals surface area contributed by atoms with Crippen LogP contribution in [0.15, 0.2) is 45.1 Å². The van der Waals surface area contributed by atoms with Crippen molar-refractivity contribution in [1.29, 1.82) is 0 Å². The largest absolute Gasteiger partial charge is 0.329 e. The summed E-state index contributed by atoms with van der Waals surface area (Å²) in [7, 11) is 3.43. The number of H-pyrrole nitrogens is 1. The Morgan fingerprint density at radius 3 is 2.57 bits per heavy atom. The third-order valence-electron chi connectivity index (χ3n) is 3.29. The molecule has 3 aromatic rings. The monoisotopic (exact) mass is 302 g/mol. The summed E-state index contributed by atoms with van der Waals surface area (Å²) in [5.74, 6) is 0.754. The van der Waals surface area contributed by atoms with Gasteiger partial charge in [-0.1, -0.05) is 42.1 Å². The van der Waals surface area contributed by atoms with Crippen molar-refractivity contribution in [1.82, 2.24) is 19.1 Å². The minimum Gasteiger partial charge on any atom is -0.308 e. The van der Waals surface area contributed by atoms with E-state index in [0.717, 1.165) is 5.75 Å². The summed E-state index contributed by atoms with van der Waals surface area (Å²) in [4.78, 5) is 30.1. The van der Waals surface area contributed by atoms with E-state index in [1.165, 1.54) is 21.9 Å². The number of aromatic nitrogens is 4. The first-order valence-electron chi connectivity index (χ1n) is 6.40. The average Bonchev–Trinajstić information content (AvgIpc) is 2.82. The number of fused-ring (bicyclic) bond motifs is 1. The van der Waals surface area contributed by atoms with Gasteiger partial charge >= 0.3 is 5.69 Å². The number of nitrogens with zero attached hydrogens (tertiary/aromatic N) is 3. The van der Waals surface area contributed by atoms with E-state index in [2.05, 4.69) is 9.97 Å². The SMILES string of the molecule is Cn1c(SCc2ccccc2)nc2c(=O)[nH]c(=O)n(C)c21. The number of imidazole rings is 1. The average molecular weight is 302 g/mol. The minimum atomic E-state index is -0.449. The molecule has 0 saturated heterocycles. The molecule has 0 aliphatic carbocycles. The van der Waals surface area contributed by atoms with Crippen LogP contribution in [-0.4, -0.2) is 19.1 Å². The lowest BCUT2D eigenvalue weighted by molar-refractivity contribution is 0.753. The molecule has 0 saturated carbocycles. The molecule has 1 N–H and O–H groups in total. The highest BCUT2D eigenvalue weighted by Gasteiger charge is 2.14. The molecular formula is C14H14N4O2S. The predicted octanol–water partition coefficient (Wildman–Crippen LogP) is 1.25. The fourth-order valence-electron chi connectivity index (χ4n) is 2.19. The Balaban J connectivity index is 2.03. The van der Waals surface area contributed by atoms with Gasteiger partial charge in [-0.2, -0.15) is 0 Å². The molecule has 0 atom stereocenters. The van der Waals surface area contributed by atoms with E-state index in [4.69, 9.17) is 0 Å². The molecule has 0 aliphatic rings. The van der Waals surface area contributed by atoms with Crippen molar-refractivity contribution in [3.8, 4) is 0 Å². The van der Waals surface area contributed by atoms with E-state index in [-0.39, 0.29) is 5.52 Å². The van der Waals surface area contributed by atoms with Gasteiger partial charge in [0.2, 0.25) is 0 Å². The highest BCUT2D eigenvalue weighted by Crippen LogP contribution is 2.23. The standard InChI is InChI=1S/C14H14N4O2S/c1-17-12-10(11(19)16-13(17)20)15-14(18(12)2)21-8-9-6-4-3-5-7-9/h3-7H,8H2,1-2H3,(H,16,19,20). The van der Waals surface area contributed by atoms with Gasteiger partial charge in [-0.05, 0) is 5.56 Å². The summed E-state index contributed by atoms with van der Waals surface area (Å²) in [6.45, 7) is 0. The number of aromatic amines is 1. The number of benzene rings is 1. The van der Waals surface area contributed by atoms with E-state index in [9.17, 15) is 9.59 Å². The van der Waals surface area contributed by atoms with Gasteiger partial charge in [-0.15, -0.1) is 0 Å². The summed E-state index contributed by atoms with van der Waals surface area (Å²) in [6.07, 6.45) is 0. The Kier molecular flexibility index (Phi) is 3.42. The van der Waals surface area contributed by atoms with E-state index < -0.39 is 11.2 Å². The predicted molar refractivity (Wildman–Crippen MR) is 82.6 cm³/mol. The van der Waals surface area contributed by atoms with Crippen LogP contribution in [0.2, 0.25) is 0 Å². The van der Waals surface area contributed by atoms with Gasteiger partial charge in [0.25, 0.3) is 5.56 Å². The van der Waals surface area contributed by atoms with Gasteiger partial charge < -0.3 is 4.57 Å². The van der Waals surface area contributed by atoms with Crippen LogP contribution in [0.4, 0.5) is 0 Å². The zero-order valence-electron chi connectivity index (χ0n) is 11.7. The molecule has 0 aliphatic heterocycles. The maximum Gasteiger partial charge on any atom is 0.329 e. The van der Waals surface area contributed by atoms with E-state index in [1.807, 2.05) is 37.4 Å². The Morgan fingerprint density at radius 2 is 1.86 bits per heavy atom. The second-order valence-corrected chi connectivity index (χ2v) is 5.66. The highest BCUT2D eigenvalue weighted by atomic mass is 32.2. The number of aryl methyl sites for hydroxylation is 2. The van der Waals surface area contributed by atoms with Crippen LogP contribution in [0.3, 0.4) is 0 Å². The quantitative estimate of drug-likeness (QED) is 0.739. The first kappa shape index (κ1) is 13.7. The molecule has 0 spiro atoms. The molecule has 2 aromatic heterocycles. The van der Waals surface area contributed by atoms with Crippen molar-refractivity contribution in [2.75, 3.05) is 0 Å². The molecule has 0 radical (unpaired) electrons. The number of hydrogen-bond donors (Lipinski definition) is 1. The fraction of sp³-hybridized carbons (Fsp3) is 0.214. The van der Waals surface area contributed by atoms with Gasteiger partial charge in [0.1, 0.15) is 5.65 Å². The van der Waals surface area contributed by atoms with Crippen molar-refractivity contribution < 1.29 is 0 Å². The summed E-state index contributed by atoms with van der Waals surface area (Å²) in [5.41, 5.74) is 1.11. The van der Waals surface area contributed by atoms with Crippen LogP contribution in [-0.2, 0) is 19.8 Å². The molecule has 0 unspecified atom stereocenters. The normalized spacial score (nSPS) is 11.1. The Morgan fingerprint density at radius 1 is 1.14 bits per heavy atom. The lowest BCUT2D eigenvalue weighted by Gasteiger charge is -2.04. The molecule has 0 amide bonds. The summed E-state index contributed by atoms with van der Waals surface area (Å²) >= 11 is 1.53. The van der Waals surface area contributed by atoms with Crippen LogP contribution in [0.25, 0.3) is 11.2 Å². The van der Waals surface area contributed by atoms with Crippen molar-refractivity contribution in [2.45, 2.75) is 10.9 Å². The van der Waals surface area contributed by atoms with Gasteiger partial charge in [0.15, 0.2) is 10.7 Å². The van der Waals surface area contributed by atoms with Crippen LogP contribution >= 0.6 is 11.8 Å².